The van der Waals surface area contributed by atoms with Gasteiger partial charge in [0.05, 0.1) is 17.7 Å². The molecule has 0 bridgehead atoms. The Bertz CT molecular complexity index is 901. The van der Waals surface area contributed by atoms with Gasteiger partial charge in [-0.2, -0.15) is 0 Å². The Morgan fingerprint density at radius 3 is 2.79 bits per heavy atom. The number of aryl methyl sites for hydroxylation is 2. The van der Waals surface area contributed by atoms with Crippen molar-refractivity contribution in [2.24, 2.45) is 0 Å². The van der Waals surface area contributed by atoms with Gasteiger partial charge in [0.15, 0.2) is 5.13 Å². The molecule has 1 N–H and O–H groups in total. The van der Waals surface area contributed by atoms with E-state index >= 15 is 0 Å². The first-order valence-corrected chi connectivity index (χ1v) is 9.64. The molecule has 0 aliphatic carbocycles. The lowest BCUT2D eigenvalue weighted by molar-refractivity contribution is 0.417. The summed E-state index contributed by atoms with van der Waals surface area (Å²) in [6.07, 6.45) is 0. The quantitative estimate of drug-likeness (QED) is 0.533. The standard InChI is InChI=1S/C17H15ClN2OS3/c1-9-6-11(18)4-5-13(9)19-17-20-14(8-23-17)12-7-15(16(22)21-3)24-10(12)2/h4-8H,1-3H3,(H,19,20). The molecule has 0 aliphatic rings. The number of hydrogen-bond donors (Lipinski definition) is 1. The van der Waals surface area contributed by atoms with Crippen molar-refractivity contribution in [3.63, 3.8) is 0 Å². The number of halogens is 1. The lowest BCUT2D eigenvalue weighted by Crippen LogP contribution is -1.95. The average Bonchev–Trinajstić information content (AvgIpc) is 3.15. The van der Waals surface area contributed by atoms with Crippen LogP contribution in [0.5, 0.6) is 0 Å². The highest BCUT2D eigenvalue weighted by atomic mass is 35.5. The van der Waals surface area contributed by atoms with Gasteiger partial charge in [0.1, 0.15) is 0 Å². The number of benzene rings is 1. The molecular formula is C17H15ClN2OS3. The van der Waals surface area contributed by atoms with E-state index in [4.69, 9.17) is 33.5 Å². The van der Waals surface area contributed by atoms with Crippen LogP contribution in [0, 0.1) is 13.8 Å². The molecule has 0 atom stereocenters. The summed E-state index contributed by atoms with van der Waals surface area (Å²) in [5, 5.41) is 7.48. The number of rotatable bonds is 4. The normalized spacial score (nSPS) is 10.7. The van der Waals surface area contributed by atoms with Crippen molar-refractivity contribution in [1.29, 1.82) is 0 Å². The smallest absolute Gasteiger partial charge is 0.201 e. The molecule has 0 spiro atoms. The third-order valence-electron chi connectivity index (χ3n) is 3.51. The van der Waals surface area contributed by atoms with Gasteiger partial charge in [-0.1, -0.05) is 11.6 Å². The highest BCUT2D eigenvalue weighted by molar-refractivity contribution is 7.80. The molecule has 24 heavy (non-hydrogen) atoms. The van der Waals surface area contributed by atoms with E-state index in [2.05, 4.69) is 12.2 Å². The molecule has 0 radical (unpaired) electrons. The Kier molecular flexibility index (Phi) is 5.20. The van der Waals surface area contributed by atoms with Gasteiger partial charge in [-0.25, -0.2) is 4.98 Å². The fourth-order valence-corrected chi connectivity index (χ4v) is 4.36. The number of thiophene rings is 1. The van der Waals surface area contributed by atoms with Crippen molar-refractivity contribution in [2.75, 3.05) is 12.4 Å². The fraction of sp³-hybridized carbons (Fsp3) is 0.176. The topological polar surface area (TPSA) is 34.1 Å². The molecule has 124 valence electrons. The van der Waals surface area contributed by atoms with Crippen LogP contribution in [0.15, 0.2) is 29.6 Å². The summed E-state index contributed by atoms with van der Waals surface area (Å²) in [6, 6.07) is 7.80. The molecule has 0 fully saturated rings. The molecule has 2 heterocycles. The molecule has 0 unspecified atom stereocenters. The molecule has 0 aliphatic heterocycles. The molecule has 2 aromatic heterocycles. The predicted molar refractivity (Wildman–Crippen MR) is 108 cm³/mol. The van der Waals surface area contributed by atoms with Crippen LogP contribution in [0.4, 0.5) is 10.8 Å². The number of hydrogen-bond acceptors (Lipinski definition) is 6. The van der Waals surface area contributed by atoms with Crippen LogP contribution >= 0.6 is 46.5 Å². The summed E-state index contributed by atoms with van der Waals surface area (Å²) >= 11 is 14.4. The minimum Gasteiger partial charge on any atom is -0.486 e. The first-order valence-electron chi connectivity index (χ1n) is 7.15. The Hall–Kier alpha value is -1.47. The second kappa shape index (κ2) is 7.19. The number of anilines is 2. The largest absolute Gasteiger partial charge is 0.486 e. The Balaban J connectivity index is 1.85. The zero-order chi connectivity index (χ0) is 17.3. The summed E-state index contributed by atoms with van der Waals surface area (Å²) in [4.78, 5) is 6.82. The number of thiazole rings is 1. The fourth-order valence-electron chi connectivity index (χ4n) is 2.27. The summed E-state index contributed by atoms with van der Waals surface area (Å²) in [7, 11) is 1.59. The summed E-state index contributed by atoms with van der Waals surface area (Å²) < 4.78 is 5.15. The number of thiocarbonyl (C=S) groups is 1. The van der Waals surface area contributed by atoms with Gasteiger partial charge in [-0.3, -0.25) is 0 Å². The van der Waals surface area contributed by atoms with E-state index in [1.54, 1.807) is 29.8 Å². The molecule has 3 nitrogen and oxygen atoms in total. The van der Waals surface area contributed by atoms with Crippen molar-refractivity contribution in [2.45, 2.75) is 13.8 Å². The first-order chi connectivity index (χ1) is 11.5. The van der Waals surface area contributed by atoms with Gasteiger partial charge in [0.25, 0.3) is 0 Å². The van der Waals surface area contributed by atoms with Crippen LogP contribution in [-0.2, 0) is 4.74 Å². The van der Waals surface area contributed by atoms with E-state index in [0.717, 1.165) is 37.5 Å². The van der Waals surface area contributed by atoms with Crippen LogP contribution in [0.2, 0.25) is 5.02 Å². The predicted octanol–water partition coefficient (Wildman–Crippen LogP) is 6.21. The monoisotopic (exact) mass is 394 g/mol. The number of ether oxygens (including phenoxy) is 1. The molecule has 7 heteroatoms. The van der Waals surface area contributed by atoms with Gasteiger partial charge < -0.3 is 10.1 Å². The van der Waals surface area contributed by atoms with E-state index < -0.39 is 0 Å². The Morgan fingerprint density at radius 2 is 2.08 bits per heavy atom. The van der Waals surface area contributed by atoms with Gasteiger partial charge in [0.2, 0.25) is 5.05 Å². The van der Waals surface area contributed by atoms with Gasteiger partial charge in [-0.05, 0) is 55.9 Å². The van der Waals surface area contributed by atoms with E-state index in [1.807, 2.05) is 36.6 Å². The van der Waals surface area contributed by atoms with E-state index in [9.17, 15) is 0 Å². The number of nitrogens with zero attached hydrogens (tertiary/aromatic N) is 1. The second-order valence-electron chi connectivity index (χ2n) is 5.19. The van der Waals surface area contributed by atoms with E-state index in [0.29, 0.717) is 5.05 Å². The van der Waals surface area contributed by atoms with Gasteiger partial charge in [-0.15, -0.1) is 22.7 Å². The number of aromatic nitrogens is 1. The zero-order valence-electron chi connectivity index (χ0n) is 13.3. The molecule has 1 aromatic carbocycles. The minimum absolute atomic E-state index is 0.514. The summed E-state index contributed by atoms with van der Waals surface area (Å²) in [6.45, 7) is 4.08. The molecular weight excluding hydrogens is 380 g/mol. The van der Waals surface area contributed by atoms with Crippen LogP contribution in [-0.4, -0.2) is 17.1 Å². The highest BCUT2D eigenvalue weighted by Gasteiger charge is 2.14. The average molecular weight is 395 g/mol. The summed E-state index contributed by atoms with van der Waals surface area (Å²) in [5.74, 6) is 0. The van der Waals surface area contributed by atoms with Crippen molar-refractivity contribution < 1.29 is 4.74 Å². The van der Waals surface area contributed by atoms with Crippen LogP contribution in [0.3, 0.4) is 0 Å². The Morgan fingerprint density at radius 1 is 1.29 bits per heavy atom. The van der Waals surface area contributed by atoms with Crippen LogP contribution < -0.4 is 5.32 Å². The maximum Gasteiger partial charge on any atom is 0.201 e. The maximum atomic E-state index is 6.00. The van der Waals surface area contributed by atoms with Crippen molar-refractivity contribution in [3.8, 4) is 11.3 Å². The highest BCUT2D eigenvalue weighted by Crippen LogP contribution is 2.34. The Labute approximate surface area is 159 Å². The number of methoxy groups -OCH3 is 1. The van der Waals surface area contributed by atoms with Crippen molar-refractivity contribution in [3.05, 3.63) is 50.0 Å². The third-order valence-corrected chi connectivity index (χ3v) is 6.07. The number of nitrogens with one attached hydrogen (secondary N) is 1. The van der Waals surface area contributed by atoms with Gasteiger partial charge >= 0.3 is 0 Å². The lowest BCUT2D eigenvalue weighted by atomic mass is 10.2. The molecule has 0 saturated heterocycles. The molecule has 0 saturated carbocycles. The van der Waals surface area contributed by atoms with Gasteiger partial charge in [0, 0.05) is 26.5 Å². The van der Waals surface area contributed by atoms with E-state index in [1.165, 1.54) is 4.88 Å². The zero-order valence-corrected chi connectivity index (χ0v) is 16.6. The minimum atomic E-state index is 0.514. The van der Waals surface area contributed by atoms with E-state index in [-0.39, 0.29) is 0 Å². The maximum absolute atomic E-state index is 6.00. The van der Waals surface area contributed by atoms with Crippen molar-refractivity contribution >= 4 is 62.4 Å². The third kappa shape index (κ3) is 3.62. The van der Waals surface area contributed by atoms with Crippen LogP contribution in [0.25, 0.3) is 11.3 Å². The first kappa shape index (κ1) is 17.4. The second-order valence-corrected chi connectivity index (χ2v) is 8.12. The molecule has 0 amide bonds. The SMILES string of the molecule is COC(=S)c1cc(-c2csc(Nc3ccc(Cl)cc3C)n2)c(C)s1. The molecule has 3 rings (SSSR count). The lowest BCUT2D eigenvalue weighted by Gasteiger charge is -2.06. The molecule has 3 aromatic rings. The van der Waals surface area contributed by atoms with Crippen LogP contribution in [0.1, 0.15) is 15.3 Å². The van der Waals surface area contributed by atoms with Crippen molar-refractivity contribution in [1.82, 2.24) is 4.98 Å². The summed E-state index contributed by atoms with van der Waals surface area (Å²) in [5.41, 5.74) is 4.11.